The first kappa shape index (κ1) is 101. The van der Waals surface area contributed by atoms with Crippen LogP contribution < -0.4 is 60.5 Å². The minimum Gasteiger partial charge on any atom is -0.481 e. The number of amides is 4. The fourth-order valence-corrected chi connectivity index (χ4v) is 13.0. The van der Waals surface area contributed by atoms with Gasteiger partial charge in [0.15, 0.2) is 0 Å². The van der Waals surface area contributed by atoms with Crippen molar-refractivity contribution in [2.24, 2.45) is 17.8 Å². The summed E-state index contributed by atoms with van der Waals surface area (Å²) in [6, 6.07) is 31.8. The van der Waals surface area contributed by atoms with Gasteiger partial charge in [-0.1, -0.05) is 27.0 Å². The Kier molecular flexibility index (Phi) is 44.6. The quantitative estimate of drug-likeness (QED) is 0.0119. The average molecular weight is 1760 g/mol. The van der Waals surface area contributed by atoms with Gasteiger partial charge in [0.1, 0.15) is 22.5 Å². The first-order valence-electron chi connectivity index (χ1n) is 40.2. The Bertz CT molecular complexity index is 4970. The zero-order valence-electron chi connectivity index (χ0n) is 72.0. The van der Waals surface area contributed by atoms with Crippen molar-refractivity contribution in [2.45, 2.75) is 107 Å². The number of benzene rings is 3. The van der Waals surface area contributed by atoms with E-state index in [1.807, 2.05) is 119 Å². The van der Waals surface area contributed by atoms with E-state index in [4.69, 9.17) is 38.6 Å². The highest BCUT2D eigenvalue weighted by Crippen LogP contribution is 2.26. The number of aliphatic carboxylic acids is 1. The average Bonchev–Trinajstić information content (AvgIpc) is 0.794. The Morgan fingerprint density at radius 1 is 0.516 bits per heavy atom. The smallest absolute Gasteiger partial charge is 0.410 e. The second kappa shape index (κ2) is 53.6. The number of nitrogens with two attached hydrogens (primary N) is 3. The molecular weight excluding hydrogens is 1630 g/mol. The molecule has 12 N–H and O–H groups in total. The highest BCUT2D eigenvalue weighted by Gasteiger charge is 2.34. The van der Waals surface area contributed by atoms with E-state index >= 15 is 0 Å². The minimum atomic E-state index is -0.748. The number of carboxylic acid groups (broad SMARTS) is 1. The third-order valence-electron chi connectivity index (χ3n) is 18.6. The summed E-state index contributed by atoms with van der Waals surface area (Å²) in [5.41, 5.74) is 22.7. The number of carbonyl (C=O) groups is 6. The van der Waals surface area contributed by atoms with Gasteiger partial charge in [-0.2, -0.15) is 50.2 Å². The fraction of sp³-hybridized carbons (Fsp3) is 0.430. The van der Waals surface area contributed by atoms with Gasteiger partial charge in [-0.05, 0) is 245 Å². The number of rotatable bonds is 29. The number of anilines is 9. The van der Waals surface area contributed by atoms with E-state index in [-0.39, 0.29) is 46.2 Å². The molecule has 9 aromatic rings. The highest BCUT2D eigenvalue weighted by atomic mass is 35.5. The molecule has 4 amide bonds. The van der Waals surface area contributed by atoms with Crippen molar-refractivity contribution in [3.05, 3.63) is 184 Å². The van der Waals surface area contributed by atoms with Crippen LogP contribution in [0.25, 0.3) is 33.1 Å². The maximum atomic E-state index is 12.6. The predicted octanol–water partition coefficient (Wildman–Crippen LogP) is 11.7. The van der Waals surface area contributed by atoms with Crippen LogP contribution in [0.4, 0.5) is 56.8 Å². The Balaban J connectivity index is 0.000000272. The van der Waals surface area contributed by atoms with Gasteiger partial charge in [0.25, 0.3) is 16.7 Å². The van der Waals surface area contributed by atoms with Crippen molar-refractivity contribution in [1.82, 2.24) is 73.8 Å². The molecule has 0 saturated carbocycles. The van der Waals surface area contributed by atoms with Gasteiger partial charge in [0.2, 0.25) is 40.8 Å². The Morgan fingerprint density at radius 2 is 0.836 bits per heavy atom. The molecular formula is C86H120ClN21O11S3. The van der Waals surface area contributed by atoms with E-state index in [0.29, 0.717) is 127 Å². The van der Waals surface area contributed by atoms with Gasteiger partial charge in [-0.3, -0.25) is 52.1 Å². The predicted molar refractivity (Wildman–Crippen MR) is 499 cm³/mol. The van der Waals surface area contributed by atoms with Crippen LogP contribution >= 0.6 is 46.9 Å². The van der Waals surface area contributed by atoms with Crippen LogP contribution in [0.1, 0.15) is 81.6 Å². The van der Waals surface area contributed by atoms with Gasteiger partial charge in [-0.15, -0.1) is 0 Å². The van der Waals surface area contributed by atoms with Gasteiger partial charge >= 0.3 is 12.1 Å². The Labute approximate surface area is 731 Å². The van der Waals surface area contributed by atoms with Gasteiger partial charge in [0.05, 0.1) is 17.3 Å². The summed E-state index contributed by atoms with van der Waals surface area (Å²) in [4.78, 5) is 136. The van der Waals surface area contributed by atoms with E-state index in [2.05, 4.69) is 83.5 Å². The number of ether oxygens (including phenoxy) is 1. The first-order valence-corrected chi connectivity index (χ1v) is 44.8. The number of pyridine rings is 3. The van der Waals surface area contributed by atoms with E-state index in [1.54, 1.807) is 120 Å². The van der Waals surface area contributed by atoms with Crippen LogP contribution in [0.2, 0.25) is 0 Å². The second-order valence-corrected chi connectivity index (χ2v) is 31.8. The number of hydrogen-bond donors (Lipinski definition) is 9. The molecule has 6 aromatic heterocycles. The molecule has 0 aliphatic carbocycles. The van der Waals surface area contributed by atoms with Crippen molar-refractivity contribution < 1.29 is 38.6 Å². The molecule has 3 aromatic carbocycles. The molecule has 12 rings (SSSR count). The number of nitrogens with one attached hydrogen (secondary N) is 5. The molecule has 9 heterocycles. The van der Waals surface area contributed by atoms with Gasteiger partial charge in [0, 0.05) is 159 Å². The summed E-state index contributed by atoms with van der Waals surface area (Å²) in [7, 11) is 0. The normalized spacial score (nSPS) is 12.6. The summed E-state index contributed by atoms with van der Waals surface area (Å²) >= 11 is 9.17. The molecule has 3 fully saturated rings. The zero-order valence-corrected chi connectivity index (χ0v) is 75.2. The standard InChI is InChI=1S/C23H28N6O3.C21H22N6O2.C18H20N6O.2C7H15NOS.C4H11N.C3H3ClO.C3H6O2S/c1-23(2,3)32-22(31)28-13-15(14-28)10-11-29-19(30)9-4-16-12-25-21(27-20(16)29)26-18-7-5-17(24)6-8-18;1-2-18(28)26-12-14(13-26)9-10-27-19(29)8-3-15-11-23-21(25-20(15)27)24-17-6-4-16(22)5-7-17;19-14-2-4-15(5-3-14)22-18-21-11-13-1-6-16(25)24(17(13)23-18)8-7-12-9-20-10-12;2*1-4-8(5-2)7(9)6-10-3;1-3-5-4-2;1-2-3(4)5;1-6-2-3(4)5/h4-9,12,15H,10-11,13-14,24H2,1-3H3,(H,25,26,27);2-8,11,14H,1,9-10,12-13,22H2,(H,23,24,25);1-6,11-12,20H,7-10,19H2,(H,21,22,23);2*4-6H2,1-3H3;5H,3-4H2,1-2H3;2H,1H2;2H2,1H3,(H,4,5). The van der Waals surface area contributed by atoms with Crippen molar-refractivity contribution in [3.63, 3.8) is 0 Å². The topological polar surface area (TPSA) is 426 Å². The molecule has 0 bridgehead atoms. The lowest BCUT2D eigenvalue weighted by Crippen LogP contribution is -2.51. The Hall–Kier alpha value is -11.1. The number of aryl methyl sites for hydroxylation is 3. The molecule has 32 nitrogen and oxygen atoms in total. The Morgan fingerprint density at radius 3 is 1.08 bits per heavy atom. The number of carbonyl (C=O) groups excluding carboxylic acids is 5. The van der Waals surface area contributed by atoms with Crippen molar-refractivity contribution in [3.8, 4) is 0 Å². The minimum absolute atomic E-state index is 0.0306. The molecule has 0 atom stereocenters. The number of allylic oxidation sites excluding steroid dienone is 1. The maximum absolute atomic E-state index is 12.6. The van der Waals surface area contributed by atoms with Gasteiger partial charge in [-0.25, -0.2) is 19.7 Å². The summed E-state index contributed by atoms with van der Waals surface area (Å²) in [5, 5.41) is 25.6. The SMILES string of the molecule is C=CC(=O)Cl.C=CC(=O)N1CC(CCn2c(=O)ccc3cnc(Nc4ccc(N)cc4)nc32)C1.CC(C)(C)OC(=O)N1CC(CCn2c(=O)ccc3cnc(Nc4ccc(N)cc4)nc32)C1.CCN(CC)C(=O)CSC.CCN(CC)C(=O)CSC.CCNCC.CSCC(=O)O.Nc1ccc(Nc2ncc3ccc(=O)n(CCC4CNC4)c3n2)cc1. The van der Waals surface area contributed by atoms with E-state index in [0.717, 1.165) is 111 Å². The molecule has 0 unspecified atom stereocenters. The number of hydrogen-bond acceptors (Lipinski definition) is 27. The maximum Gasteiger partial charge on any atom is 0.410 e. The molecule has 660 valence electrons. The number of nitrogens with zero attached hydrogens (tertiary/aromatic N) is 13. The van der Waals surface area contributed by atoms with Crippen LogP contribution in [0, 0.1) is 17.8 Å². The number of carboxylic acids is 1. The van der Waals surface area contributed by atoms with Crippen LogP contribution in [0.5, 0.6) is 0 Å². The fourth-order valence-electron chi connectivity index (χ4n) is 11.9. The van der Waals surface area contributed by atoms with E-state index in [1.165, 1.54) is 30.0 Å². The van der Waals surface area contributed by atoms with Crippen molar-refractivity contribution in [1.29, 1.82) is 0 Å². The lowest BCUT2D eigenvalue weighted by atomic mass is 9.96. The summed E-state index contributed by atoms with van der Waals surface area (Å²) in [6.07, 6.45) is 15.4. The summed E-state index contributed by atoms with van der Waals surface area (Å²) in [5.74, 6) is 3.73. The number of halogens is 1. The number of aromatic nitrogens is 9. The van der Waals surface area contributed by atoms with Crippen LogP contribution in [-0.4, -0.2) is 224 Å². The van der Waals surface area contributed by atoms with Crippen molar-refractivity contribution >= 4 is 167 Å². The van der Waals surface area contributed by atoms with E-state index < -0.39 is 16.8 Å². The number of likely N-dealkylation sites (tertiary alicyclic amines) is 2. The highest BCUT2D eigenvalue weighted by molar-refractivity contribution is 7.99. The largest absolute Gasteiger partial charge is 0.481 e. The lowest BCUT2D eigenvalue weighted by molar-refractivity contribution is -0.134. The molecule has 3 aliphatic rings. The van der Waals surface area contributed by atoms with Crippen LogP contribution in [-0.2, 0) is 48.3 Å². The van der Waals surface area contributed by atoms with E-state index in [9.17, 15) is 43.2 Å². The zero-order chi connectivity index (χ0) is 89.8. The molecule has 36 heteroatoms. The number of fused-ring (bicyclic) bond motifs is 3. The van der Waals surface area contributed by atoms with Crippen molar-refractivity contribution in [2.75, 3.05) is 148 Å². The molecule has 122 heavy (non-hydrogen) atoms. The molecule has 3 aliphatic heterocycles. The second-order valence-electron chi connectivity index (χ2n) is 28.9. The summed E-state index contributed by atoms with van der Waals surface area (Å²) in [6.45, 7) is 36.3. The molecule has 0 radical (unpaired) electrons. The lowest BCUT2D eigenvalue weighted by Gasteiger charge is -2.39. The third kappa shape index (κ3) is 35.2. The number of nitrogen functional groups attached to an aromatic ring is 3. The number of thioether (sulfide) groups is 3. The van der Waals surface area contributed by atoms with Gasteiger partial charge < -0.3 is 73.2 Å². The molecule has 0 spiro atoms. The monoisotopic (exact) mass is 1750 g/mol. The molecule has 3 saturated heterocycles. The first-order chi connectivity index (χ1) is 58.4. The summed E-state index contributed by atoms with van der Waals surface area (Å²) < 4.78 is 10.5. The van der Waals surface area contributed by atoms with Crippen LogP contribution in [0.15, 0.2) is 167 Å². The van der Waals surface area contributed by atoms with Crippen LogP contribution in [0.3, 0.4) is 0 Å². The third-order valence-corrected chi connectivity index (χ3v) is 20.3.